The minimum atomic E-state index is -0.127. The lowest BCUT2D eigenvalue weighted by Crippen LogP contribution is -2.31. The minimum Gasteiger partial charge on any atom is -0.486 e. The Balaban J connectivity index is 1.41. The average Bonchev–Trinajstić information content (AvgIpc) is 3.32. The molecule has 130 valence electrons. The van der Waals surface area contributed by atoms with Crippen molar-refractivity contribution in [2.24, 2.45) is 5.41 Å². The van der Waals surface area contributed by atoms with E-state index in [2.05, 4.69) is 15.3 Å². The van der Waals surface area contributed by atoms with Gasteiger partial charge in [0.15, 0.2) is 11.4 Å². The van der Waals surface area contributed by atoms with Crippen LogP contribution in [0.25, 0.3) is 0 Å². The van der Waals surface area contributed by atoms with Gasteiger partial charge < -0.3 is 10.1 Å². The van der Waals surface area contributed by atoms with Crippen LogP contribution in [0.2, 0.25) is 0 Å². The lowest BCUT2D eigenvalue weighted by Gasteiger charge is -2.22. The van der Waals surface area contributed by atoms with Gasteiger partial charge in [0, 0.05) is 24.6 Å². The van der Waals surface area contributed by atoms with Crippen LogP contribution < -0.4 is 10.1 Å². The Kier molecular flexibility index (Phi) is 4.38. The van der Waals surface area contributed by atoms with Crippen molar-refractivity contribution in [3.8, 4) is 5.75 Å². The first-order chi connectivity index (χ1) is 12.3. The normalized spacial score (nSPS) is 20.9. The molecule has 0 bridgehead atoms. The van der Waals surface area contributed by atoms with Gasteiger partial charge in [-0.3, -0.25) is 9.78 Å². The molecule has 0 saturated heterocycles. The van der Waals surface area contributed by atoms with Crippen molar-refractivity contribution in [3.05, 3.63) is 54.1 Å². The molecular formula is C20H23N3O2. The van der Waals surface area contributed by atoms with Crippen LogP contribution in [0, 0.1) is 5.41 Å². The third kappa shape index (κ3) is 3.50. The molecule has 2 aromatic rings. The first-order valence-electron chi connectivity index (χ1n) is 9.04. The predicted molar refractivity (Wildman–Crippen MR) is 94.2 cm³/mol. The second kappa shape index (κ2) is 6.82. The van der Waals surface area contributed by atoms with E-state index < -0.39 is 0 Å². The summed E-state index contributed by atoms with van der Waals surface area (Å²) in [4.78, 5) is 20.9. The zero-order valence-corrected chi connectivity index (χ0v) is 14.3. The topological polar surface area (TPSA) is 64.1 Å². The maximum absolute atomic E-state index is 12.7. The SMILES string of the molecule is O=C(NC1CC12CCCCC2)c1ncccc1OCc1ccncc1. The molecule has 1 N–H and O–H groups in total. The highest BCUT2D eigenvalue weighted by atomic mass is 16.5. The number of rotatable bonds is 5. The predicted octanol–water partition coefficient (Wildman–Crippen LogP) is 3.51. The average molecular weight is 337 g/mol. The second-order valence-corrected chi connectivity index (χ2v) is 7.15. The van der Waals surface area contributed by atoms with E-state index in [1.165, 1.54) is 32.1 Å². The van der Waals surface area contributed by atoms with E-state index in [0.29, 0.717) is 29.5 Å². The summed E-state index contributed by atoms with van der Waals surface area (Å²) in [5.74, 6) is 0.396. The van der Waals surface area contributed by atoms with Gasteiger partial charge in [-0.05, 0) is 54.5 Å². The van der Waals surface area contributed by atoms with Gasteiger partial charge >= 0.3 is 0 Å². The molecule has 2 saturated carbocycles. The Labute approximate surface area is 147 Å². The van der Waals surface area contributed by atoms with Gasteiger partial charge in [0.05, 0.1) is 0 Å². The molecule has 0 aromatic carbocycles. The monoisotopic (exact) mass is 337 g/mol. The van der Waals surface area contributed by atoms with E-state index in [1.807, 2.05) is 12.1 Å². The maximum Gasteiger partial charge on any atom is 0.273 e. The van der Waals surface area contributed by atoms with Gasteiger partial charge in [0.2, 0.25) is 0 Å². The zero-order valence-electron chi connectivity index (χ0n) is 14.3. The van der Waals surface area contributed by atoms with Crippen LogP contribution in [0.5, 0.6) is 5.75 Å². The zero-order chi connectivity index (χ0) is 17.1. The number of amides is 1. The van der Waals surface area contributed by atoms with E-state index in [9.17, 15) is 4.79 Å². The number of nitrogens with zero attached hydrogens (tertiary/aromatic N) is 2. The van der Waals surface area contributed by atoms with Crippen molar-refractivity contribution in [1.29, 1.82) is 0 Å². The Morgan fingerprint density at radius 2 is 1.96 bits per heavy atom. The van der Waals surface area contributed by atoms with E-state index in [-0.39, 0.29) is 5.91 Å². The summed E-state index contributed by atoms with van der Waals surface area (Å²) >= 11 is 0. The molecule has 2 fully saturated rings. The maximum atomic E-state index is 12.7. The molecule has 2 aliphatic rings. The standard InChI is InChI=1S/C20H23N3O2/c24-19(23-17-13-20(17)8-2-1-3-9-20)18-16(5-4-10-22-18)25-14-15-6-11-21-12-7-15/h4-7,10-12,17H,1-3,8-9,13-14H2,(H,23,24). The summed E-state index contributed by atoms with van der Waals surface area (Å²) in [5, 5.41) is 3.18. The summed E-state index contributed by atoms with van der Waals surface area (Å²) < 4.78 is 5.83. The van der Waals surface area contributed by atoms with Gasteiger partial charge in [0.1, 0.15) is 6.61 Å². The molecule has 1 atom stereocenters. The molecule has 2 heterocycles. The Bertz CT molecular complexity index is 742. The fourth-order valence-electron chi connectivity index (χ4n) is 3.90. The van der Waals surface area contributed by atoms with E-state index in [1.54, 1.807) is 30.7 Å². The highest BCUT2D eigenvalue weighted by Crippen LogP contribution is 2.56. The van der Waals surface area contributed by atoms with E-state index >= 15 is 0 Å². The fraction of sp³-hybridized carbons (Fsp3) is 0.450. The number of pyridine rings is 2. The Hall–Kier alpha value is -2.43. The number of ether oxygens (including phenoxy) is 1. The Morgan fingerprint density at radius 1 is 1.16 bits per heavy atom. The molecule has 1 spiro atoms. The van der Waals surface area contributed by atoms with Crippen molar-refractivity contribution < 1.29 is 9.53 Å². The number of carbonyl (C=O) groups excluding carboxylic acids is 1. The van der Waals surface area contributed by atoms with Gasteiger partial charge in [0.25, 0.3) is 5.91 Å². The quantitative estimate of drug-likeness (QED) is 0.907. The summed E-state index contributed by atoms with van der Waals surface area (Å²) in [5.41, 5.74) is 1.74. The summed E-state index contributed by atoms with van der Waals surface area (Å²) in [6.07, 6.45) is 12.6. The summed E-state index contributed by atoms with van der Waals surface area (Å²) in [7, 11) is 0. The van der Waals surface area contributed by atoms with Crippen molar-refractivity contribution in [1.82, 2.24) is 15.3 Å². The smallest absolute Gasteiger partial charge is 0.273 e. The number of hydrogen-bond donors (Lipinski definition) is 1. The lowest BCUT2D eigenvalue weighted by molar-refractivity contribution is 0.0932. The van der Waals surface area contributed by atoms with Crippen LogP contribution in [0.4, 0.5) is 0 Å². The highest BCUT2D eigenvalue weighted by molar-refractivity contribution is 5.95. The van der Waals surface area contributed by atoms with Gasteiger partial charge in [-0.2, -0.15) is 0 Å². The molecule has 25 heavy (non-hydrogen) atoms. The number of carbonyl (C=O) groups is 1. The molecule has 5 heteroatoms. The molecule has 1 amide bonds. The van der Waals surface area contributed by atoms with Crippen LogP contribution in [-0.2, 0) is 6.61 Å². The highest BCUT2D eigenvalue weighted by Gasteiger charge is 2.54. The second-order valence-electron chi connectivity index (χ2n) is 7.15. The van der Waals surface area contributed by atoms with Crippen LogP contribution in [0.1, 0.15) is 54.6 Å². The molecule has 0 radical (unpaired) electrons. The molecule has 2 aromatic heterocycles. The molecular weight excluding hydrogens is 314 g/mol. The van der Waals surface area contributed by atoms with E-state index in [0.717, 1.165) is 12.0 Å². The van der Waals surface area contributed by atoms with Crippen LogP contribution >= 0.6 is 0 Å². The minimum absolute atomic E-state index is 0.127. The van der Waals surface area contributed by atoms with Crippen LogP contribution in [-0.4, -0.2) is 21.9 Å². The molecule has 2 aliphatic carbocycles. The molecule has 0 aliphatic heterocycles. The molecule has 5 nitrogen and oxygen atoms in total. The first kappa shape index (κ1) is 16.1. The number of aromatic nitrogens is 2. The van der Waals surface area contributed by atoms with Gasteiger partial charge in [-0.1, -0.05) is 19.3 Å². The Morgan fingerprint density at radius 3 is 2.76 bits per heavy atom. The number of hydrogen-bond acceptors (Lipinski definition) is 4. The number of nitrogens with one attached hydrogen (secondary N) is 1. The van der Waals surface area contributed by atoms with Crippen molar-refractivity contribution in [2.45, 2.75) is 51.2 Å². The molecule has 4 rings (SSSR count). The van der Waals surface area contributed by atoms with Crippen molar-refractivity contribution in [2.75, 3.05) is 0 Å². The van der Waals surface area contributed by atoms with Gasteiger partial charge in [-0.15, -0.1) is 0 Å². The summed E-state index contributed by atoms with van der Waals surface area (Å²) in [6, 6.07) is 7.68. The third-order valence-corrected chi connectivity index (χ3v) is 5.47. The molecule has 1 unspecified atom stereocenters. The lowest BCUT2D eigenvalue weighted by atomic mass is 9.86. The largest absolute Gasteiger partial charge is 0.486 e. The third-order valence-electron chi connectivity index (χ3n) is 5.47. The summed E-state index contributed by atoms with van der Waals surface area (Å²) in [6.45, 7) is 0.391. The first-order valence-corrected chi connectivity index (χ1v) is 9.04. The van der Waals surface area contributed by atoms with Gasteiger partial charge in [-0.25, -0.2) is 4.98 Å². The van der Waals surface area contributed by atoms with Crippen LogP contribution in [0.15, 0.2) is 42.9 Å². The van der Waals surface area contributed by atoms with Crippen molar-refractivity contribution in [3.63, 3.8) is 0 Å². The van der Waals surface area contributed by atoms with E-state index in [4.69, 9.17) is 4.74 Å². The van der Waals surface area contributed by atoms with Crippen molar-refractivity contribution >= 4 is 5.91 Å². The fourth-order valence-corrected chi connectivity index (χ4v) is 3.90. The van der Waals surface area contributed by atoms with Crippen LogP contribution in [0.3, 0.4) is 0 Å².